The first-order chi connectivity index (χ1) is 9.58. The third-order valence-electron chi connectivity index (χ3n) is 3.47. The molecule has 1 aliphatic rings. The molecular weight excluding hydrogens is 254 g/mol. The average molecular weight is 277 g/mol. The Morgan fingerprint density at radius 1 is 1.25 bits per heavy atom. The number of amides is 1. The number of nitrogens with zero attached hydrogens (tertiary/aromatic N) is 4. The van der Waals surface area contributed by atoms with E-state index in [0.29, 0.717) is 19.0 Å². The lowest BCUT2D eigenvalue weighted by molar-refractivity contribution is -0.133. The zero-order valence-electron chi connectivity index (χ0n) is 12.2. The first-order valence-corrected chi connectivity index (χ1v) is 7.14. The van der Waals surface area contributed by atoms with Crippen molar-refractivity contribution in [3.05, 3.63) is 18.5 Å². The predicted molar refractivity (Wildman–Crippen MR) is 78.3 cm³/mol. The highest BCUT2D eigenvalue weighted by molar-refractivity contribution is 5.81. The van der Waals surface area contributed by atoms with E-state index in [9.17, 15) is 4.79 Å². The second-order valence-corrected chi connectivity index (χ2v) is 5.60. The van der Waals surface area contributed by atoms with E-state index in [2.05, 4.69) is 28.7 Å². The first-order valence-electron chi connectivity index (χ1n) is 7.14. The molecule has 1 aromatic rings. The molecule has 6 nitrogen and oxygen atoms in total. The highest BCUT2D eigenvalue weighted by Gasteiger charge is 2.26. The van der Waals surface area contributed by atoms with Crippen molar-refractivity contribution >= 4 is 11.9 Å². The number of carbonyl (C=O) groups excluding carboxylic acids is 1. The number of hydrogen-bond donors (Lipinski definition) is 1. The number of nitrogens with two attached hydrogens (primary N) is 1. The summed E-state index contributed by atoms with van der Waals surface area (Å²) in [5.41, 5.74) is 5.97. The molecule has 6 heteroatoms. The Morgan fingerprint density at radius 3 is 2.40 bits per heavy atom. The first kappa shape index (κ1) is 14.7. The van der Waals surface area contributed by atoms with Crippen LogP contribution in [0.1, 0.15) is 20.3 Å². The van der Waals surface area contributed by atoms with Crippen molar-refractivity contribution in [3.63, 3.8) is 0 Å². The van der Waals surface area contributed by atoms with Crippen molar-refractivity contribution in [3.8, 4) is 0 Å². The van der Waals surface area contributed by atoms with Gasteiger partial charge in [-0.3, -0.25) is 4.79 Å². The minimum Gasteiger partial charge on any atom is -0.338 e. The molecule has 20 heavy (non-hydrogen) atoms. The van der Waals surface area contributed by atoms with E-state index in [1.165, 1.54) is 0 Å². The lowest BCUT2D eigenvalue weighted by atomic mass is 10.0. The van der Waals surface area contributed by atoms with E-state index in [1.807, 2.05) is 4.90 Å². The van der Waals surface area contributed by atoms with Gasteiger partial charge >= 0.3 is 0 Å². The zero-order valence-corrected chi connectivity index (χ0v) is 12.2. The fourth-order valence-corrected chi connectivity index (χ4v) is 2.42. The van der Waals surface area contributed by atoms with Gasteiger partial charge in [-0.15, -0.1) is 0 Å². The molecule has 1 amide bonds. The van der Waals surface area contributed by atoms with Crippen LogP contribution in [0.25, 0.3) is 0 Å². The van der Waals surface area contributed by atoms with Crippen LogP contribution in [0.5, 0.6) is 0 Å². The van der Waals surface area contributed by atoms with Gasteiger partial charge < -0.3 is 15.5 Å². The molecule has 0 aliphatic carbocycles. The van der Waals surface area contributed by atoms with E-state index in [4.69, 9.17) is 5.73 Å². The number of piperazine rings is 1. The Kier molecular flexibility index (Phi) is 4.89. The summed E-state index contributed by atoms with van der Waals surface area (Å²) in [4.78, 5) is 24.6. The molecule has 1 saturated heterocycles. The average Bonchev–Trinajstić information content (AvgIpc) is 2.47. The third-order valence-corrected chi connectivity index (χ3v) is 3.47. The van der Waals surface area contributed by atoms with Crippen LogP contribution < -0.4 is 10.6 Å². The van der Waals surface area contributed by atoms with Crippen molar-refractivity contribution in [1.82, 2.24) is 14.9 Å². The normalized spacial score (nSPS) is 17.4. The third kappa shape index (κ3) is 3.66. The maximum atomic E-state index is 12.2. The monoisotopic (exact) mass is 277 g/mol. The minimum absolute atomic E-state index is 0.0623. The van der Waals surface area contributed by atoms with Gasteiger partial charge in [-0.25, -0.2) is 9.97 Å². The van der Waals surface area contributed by atoms with Crippen LogP contribution in [0.3, 0.4) is 0 Å². The summed E-state index contributed by atoms with van der Waals surface area (Å²) in [7, 11) is 0. The lowest BCUT2D eigenvalue weighted by Crippen LogP contribution is -2.53. The van der Waals surface area contributed by atoms with Gasteiger partial charge in [0.2, 0.25) is 11.9 Å². The highest BCUT2D eigenvalue weighted by Crippen LogP contribution is 2.12. The summed E-state index contributed by atoms with van der Waals surface area (Å²) < 4.78 is 0. The largest absolute Gasteiger partial charge is 0.338 e. The smallest absolute Gasteiger partial charge is 0.239 e. The SMILES string of the molecule is CC(C)C[C@H](N)C(=O)N1CCN(c2ncccn2)CC1. The van der Waals surface area contributed by atoms with Crippen LogP contribution >= 0.6 is 0 Å². The van der Waals surface area contributed by atoms with Crippen LogP contribution in [0.4, 0.5) is 5.95 Å². The van der Waals surface area contributed by atoms with Crippen LogP contribution in [0, 0.1) is 5.92 Å². The van der Waals surface area contributed by atoms with E-state index in [1.54, 1.807) is 18.5 Å². The summed E-state index contributed by atoms with van der Waals surface area (Å²) in [6.45, 7) is 7.04. The molecule has 0 saturated carbocycles. The van der Waals surface area contributed by atoms with E-state index >= 15 is 0 Å². The van der Waals surface area contributed by atoms with Gasteiger partial charge in [0.1, 0.15) is 0 Å². The number of aromatic nitrogens is 2. The number of rotatable bonds is 4. The Labute approximate surface area is 120 Å². The lowest BCUT2D eigenvalue weighted by Gasteiger charge is -2.36. The van der Waals surface area contributed by atoms with E-state index < -0.39 is 0 Å². The predicted octanol–water partition coefficient (Wildman–Crippen LogP) is 0.499. The molecule has 2 N–H and O–H groups in total. The molecule has 110 valence electrons. The zero-order chi connectivity index (χ0) is 14.5. The summed E-state index contributed by atoms with van der Waals surface area (Å²) in [6.07, 6.45) is 4.21. The fraction of sp³-hybridized carbons (Fsp3) is 0.643. The standard InChI is InChI=1S/C14H23N5O/c1-11(2)10-12(15)13(20)18-6-8-19(9-7-18)14-16-4-3-5-17-14/h3-5,11-12H,6-10,15H2,1-2H3/t12-/m0/s1. The Balaban J connectivity index is 1.86. The van der Waals surface area contributed by atoms with Gasteiger partial charge in [0.05, 0.1) is 6.04 Å². The Bertz CT molecular complexity index is 428. The van der Waals surface area contributed by atoms with Crippen molar-refractivity contribution in [2.75, 3.05) is 31.1 Å². The van der Waals surface area contributed by atoms with Crippen LogP contribution in [0.2, 0.25) is 0 Å². The Morgan fingerprint density at radius 2 is 1.85 bits per heavy atom. The molecular formula is C14H23N5O. The molecule has 0 aromatic carbocycles. The summed E-state index contributed by atoms with van der Waals surface area (Å²) in [5.74, 6) is 1.23. The topological polar surface area (TPSA) is 75.4 Å². The molecule has 1 atom stereocenters. The van der Waals surface area contributed by atoms with Gasteiger partial charge in [0.25, 0.3) is 0 Å². The molecule has 0 radical (unpaired) electrons. The number of anilines is 1. The summed E-state index contributed by atoms with van der Waals surface area (Å²) in [5, 5.41) is 0. The van der Waals surface area contributed by atoms with E-state index in [-0.39, 0.29) is 11.9 Å². The quantitative estimate of drug-likeness (QED) is 0.867. The highest BCUT2D eigenvalue weighted by atomic mass is 16.2. The molecule has 0 bridgehead atoms. The number of carbonyl (C=O) groups is 1. The maximum Gasteiger partial charge on any atom is 0.239 e. The van der Waals surface area contributed by atoms with Gasteiger partial charge in [-0.2, -0.15) is 0 Å². The van der Waals surface area contributed by atoms with Crippen LogP contribution in [0.15, 0.2) is 18.5 Å². The fourth-order valence-electron chi connectivity index (χ4n) is 2.42. The molecule has 2 rings (SSSR count). The number of hydrogen-bond acceptors (Lipinski definition) is 5. The second kappa shape index (κ2) is 6.65. The molecule has 1 aliphatic heterocycles. The summed E-state index contributed by atoms with van der Waals surface area (Å²) in [6, 6.07) is 1.42. The maximum absolute atomic E-state index is 12.2. The van der Waals surface area contributed by atoms with Crippen molar-refractivity contribution in [2.45, 2.75) is 26.3 Å². The minimum atomic E-state index is -0.380. The molecule has 1 aromatic heterocycles. The van der Waals surface area contributed by atoms with Gasteiger partial charge in [0.15, 0.2) is 0 Å². The second-order valence-electron chi connectivity index (χ2n) is 5.60. The molecule has 0 unspecified atom stereocenters. The Hall–Kier alpha value is -1.69. The van der Waals surface area contributed by atoms with E-state index in [0.717, 1.165) is 25.5 Å². The van der Waals surface area contributed by atoms with Crippen LogP contribution in [-0.4, -0.2) is 53.0 Å². The summed E-state index contributed by atoms with van der Waals surface area (Å²) >= 11 is 0. The molecule has 2 heterocycles. The van der Waals surface area contributed by atoms with Gasteiger partial charge in [-0.1, -0.05) is 13.8 Å². The van der Waals surface area contributed by atoms with Crippen molar-refractivity contribution < 1.29 is 4.79 Å². The van der Waals surface area contributed by atoms with Crippen LogP contribution in [-0.2, 0) is 4.79 Å². The molecule has 0 spiro atoms. The van der Waals surface area contributed by atoms with Gasteiger partial charge in [-0.05, 0) is 18.4 Å². The van der Waals surface area contributed by atoms with Crippen molar-refractivity contribution in [1.29, 1.82) is 0 Å². The van der Waals surface area contributed by atoms with Gasteiger partial charge in [0, 0.05) is 38.6 Å². The van der Waals surface area contributed by atoms with Crippen molar-refractivity contribution in [2.24, 2.45) is 11.7 Å². The molecule has 1 fully saturated rings.